The van der Waals surface area contributed by atoms with Crippen molar-refractivity contribution in [1.82, 2.24) is 0 Å². The molecule has 0 radical (unpaired) electrons. The minimum Gasteiger partial charge on any atom is -1.00 e. The third-order valence-corrected chi connectivity index (χ3v) is 8.40. The molecule has 0 spiro atoms. The van der Waals surface area contributed by atoms with Crippen LogP contribution in [0.5, 0.6) is 11.5 Å². The second-order valence-electron chi connectivity index (χ2n) is 11.7. The molecule has 3 rings (SSSR count). The monoisotopic (exact) mass is 697 g/mol. The lowest BCUT2D eigenvalue weighted by Crippen LogP contribution is -3.00. The van der Waals surface area contributed by atoms with Gasteiger partial charge in [-0.2, -0.15) is 0 Å². The Morgan fingerprint density at radius 2 is 1.38 bits per heavy atom. The van der Waals surface area contributed by atoms with Crippen LogP contribution in [0.25, 0.3) is 0 Å². The van der Waals surface area contributed by atoms with Crippen LogP contribution >= 0.6 is 0 Å². The summed E-state index contributed by atoms with van der Waals surface area (Å²) in [7, 11) is 1.70. The van der Waals surface area contributed by atoms with Gasteiger partial charge in [-0.25, -0.2) is 13.4 Å². The van der Waals surface area contributed by atoms with E-state index in [1.807, 2.05) is 6.07 Å². The molecular weight excluding hydrogens is 643 g/mol. The SMILES string of the molecule is CCCCCCCCCCCC1=[N+](Cc2cc(F)ccc2F)CCc2c1ccc(OC)c2OCCCCCCCC.[I-]. The summed E-state index contributed by atoms with van der Waals surface area (Å²) < 4.78 is 43.0. The molecule has 2 aromatic rings. The fourth-order valence-corrected chi connectivity index (χ4v) is 5.99. The number of benzene rings is 2. The molecule has 2 aromatic carbocycles. The zero-order chi connectivity index (χ0) is 29.3. The first-order valence-corrected chi connectivity index (χ1v) is 16.5. The summed E-state index contributed by atoms with van der Waals surface area (Å²) in [6.45, 7) is 6.30. The highest BCUT2D eigenvalue weighted by atomic mass is 127. The van der Waals surface area contributed by atoms with Crippen molar-refractivity contribution in [3.05, 3.63) is 58.7 Å². The Bertz CT molecular complexity index is 1090. The molecule has 0 bridgehead atoms. The van der Waals surface area contributed by atoms with Gasteiger partial charge in [-0.1, -0.05) is 97.3 Å². The Kier molecular flexibility index (Phi) is 18.3. The Balaban J connectivity index is 0.00000616. The number of ether oxygens (including phenoxy) is 2. The van der Waals surface area contributed by atoms with Crippen molar-refractivity contribution in [2.75, 3.05) is 20.3 Å². The van der Waals surface area contributed by atoms with E-state index in [9.17, 15) is 8.78 Å². The molecule has 3 nitrogen and oxygen atoms in total. The summed E-state index contributed by atoms with van der Waals surface area (Å²) in [5, 5.41) is 0. The number of nitrogens with zero attached hydrogens (tertiary/aromatic N) is 1. The molecular formula is C36H54F2INO2. The highest BCUT2D eigenvalue weighted by Crippen LogP contribution is 2.37. The molecule has 0 unspecified atom stereocenters. The van der Waals surface area contributed by atoms with E-state index in [0.29, 0.717) is 18.7 Å². The maximum absolute atomic E-state index is 14.6. The van der Waals surface area contributed by atoms with E-state index in [-0.39, 0.29) is 29.8 Å². The Morgan fingerprint density at radius 1 is 0.762 bits per heavy atom. The zero-order valence-electron chi connectivity index (χ0n) is 26.4. The molecule has 0 saturated heterocycles. The van der Waals surface area contributed by atoms with Crippen LogP contribution in [0.1, 0.15) is 133 Å². The van der Waals surface area contributed by atoms with Crippen molar-refractivity contribution in [3.8, 4) is 11.5 Å². The van der Waals surface area contributed by atoms with E-state index >= 15 is 0 Å². The van der Waals surface area contributed by atoms with Gasteiger partial charge >= 0.3 is 0 Å². The van der Waals surface area contributed by atoms with Crippen LogP contribution < -0.4 is 33.5 Å². The fraction of sp³-hybridized carbons (Fsp3) is 0.639. The first kappa shape index (κ1) is 36.5. The van der Waals surface area contributed by atoms with Crippen molar-refractivity contribution in [3.63, 3.8) is 0 Å². The molecule has 1 aliphatic rings. The smallest absolute Gasteiger partial charge is 0.184 e. The number of hydrogen-bond acceptors (Lipinski definition) is 2. The molecule has 42 heavy (non-hydrogen) atoms. The van der Waals surface area contributed by atoms with Gasteiger partial charge in [0.2, 0.25) is 0 Å². The third kappa shape index (κ3) is 11.8. The highest BCUT2D eigenvalue weighted by molar-refractivity contribution is 5.99. The van der Waals surface area contributed by atoms with E-state index in [4.69, 9.17) is 9.47 Å². The van der Waals surface area contributed by atoms with Crippen molar-refractivity contribution in [1.29, 1.82) is 0 Å². The predicted molar refractivity (Wildman–Crippen MR) is 167 cm³/mol. The van der Waals surface area contributed by atoms with Crippen LogP contribution in [-0.2, 0) is 13.0 Å². The van der Waals surface area contributed by atoms with Gasteiger partial charge in [0.05, 0.1) is 19.3 Å². The lowest BCUT2D eigenvalue weighted by Gasteiger charge is -2.23. The lowest BCUT2D eigenvalue weighted by molar-refractivity contribution is -0.546. The van der Waals surface area contributed by atoms with Crippen LogP contribution in [0.3, 0.4) is 0 Å². The quantitative estimate of drug-likeness (QED) is 0.0783. The second-order valence-corrected chi connectivity index (χ2v) is 11.7. The van der Waals surface area contributed by atoms with Gasteiger partial charge in [-0.15, -0.1) is 0 Å². The number of halogens is 3. The van der Waals surface area contributed by atoms with Crippen molar-refractivity contribution >= 4 is 5.71 Å². The van der Waals surface area contributed by atoms with E-state index in [1.54, 1.807) is 7.11 Å². The molecule has 0 N–H and O–H groups in total. The fourth-order valence-electron chi connectivity index (χ4n) is 5.99. The Labute approximate surface area is 271 Å². The molecule has 236 valence electrons. The normalized spacial score (nSPS) is 12.7. The van der Waals surface area contributed by atoms with Gasteiger partial charge in [0, 0.05) is 24.0 Å². The molecule has 0 amide bonds. The van der Waals surface area contributed by atoms with E-state index in [0.717, 1.165) is 43.7 Å². The number of unbranched alkanes of at least 4 members (excludes halogenated alkanes) is 13. The summed E-state index contributed by atoms with van der Waals surface area (Å²) in [4.78, 5) is 0. The molecule has 0 aromatic heterocycles. The average molecular weight is 698 g/mol. The van der Waals surface area contributed by atoms with Crippen molar-refractivity contribution < 1.29 is 46.8 Å². The Morgan fingerprint density at radius 3 is 2.02 bits per heavy atom. The second kappa shape index (κ2) is 21.1. The molecule has 1 aliphatic heterocycles. The summed E-state index contributed by atoms with van der Waals surface area (Å²) >= 11 is 0. The van der Waals surface area contributed by atoms with Gasteiger partial charge in [0.15, 0.2) is 23.8 Å². The minimum atomic E-state index is -0.394. The molecule has 1 heterocycles. The van der Waals surface area contributed by atoms with E-state index < -0.39 is 5.82 Å². The summed E-state index contributed by atoms with van der Waals surface area (Å²) in [5.74, 6) is 0.897. The Hall–Kier alpha value is -1.70. The van der Waals surface area contributed by atoms with Crippen LogP contribution in [0, 0.1) is 11.6 Å². The molecule has 0 saturated carbocycles. The van der Waals surface area contributed by atoms with Crippen molar-refractivity contribution in [2.24, 2.45) is 0 Å². The van der Waals surface area contributed by atoms with Crippen LogP contribution in [0.15, 0.2) is 30.3 Å². The average Bonchev–Trinajstić information content (AvgIpc) is 2.98. The van der Waals surface area contributed by atoms with E-state index in [1.165, 1.54) is 119 Å². The van der Waals surface area contributed by atoms with E-state index in [2.05, 4.69) is 24.5 Å². The first-order valence-electron chi connectivity index (χ1n) is 16.5. The molecule has 0 aliphatic carbocycles. The molecule has 0 fully saturated rings. The first-order chi connectivity index (χ1) is 20.1. The zero-order valence-corrected chi connectivity index (χ0v) is 28.6. The third-order valence-electron chi connectivity index (χ3n) is 8.40. The number of methoxy groups -OCH3 is 1. The van der Waals surface area contributed by atoms with Gasteiger partial charge < -0.3 is 33.5 Å². The standard InChI is InChI=1S/C36H54F2NO2.HI/c1-4-6-8-10-12-13-14-15-17-19-34-31-21-23-35(40-3)36(41-26-18-16-11-9-7-5-2)32(31)24-25-39(34)28-29-27-30(37)20-22-33(29)38;/h20-23,27H,4-19,24-26,28H2,1-3H3;1H/q+1;/p-1. The van der Waals surface area contributed by atoms with Gasteiger partial charge in [0.1, 0.15) is 18.2 Å². The lowest BCUT2D eigenvalue weighted by atomic mass is 9.91. The summed E-state index contributed by atoms with van der Waals surface area (Å²) in [5.41, 5.74) is 3.99. The number of hydrogen-bond donors (Lipinski definition) is 0. The number of fused-ring (bicyclic) bond motifs is 1. The van der Waals surface area contributed by atoms with Crippen LogP contribution in [0.4, 0.5) is 8.78 Å². The predicted octanol–water partition coefficient (Wildman–Crippen LogP) is 7.20. The van der Waals surface area contributed by atoms with Gasteiger partial charge in [-0.3, -0.25) is 0 Å². The summed E-state index contributed by atoms with van der Waals surface area (Å²) in [6, 6.07) is 7.92. The molecule has 0 atom stereocenters. The maximum Gasteiger partial charge on any atom is 0.184 e. The highest BCUT2D eigenvalue weighted by Gasteiger charge is 2.30. The molecule has 6 heteroatoms. The summed E-state index contributed by atoms with van der Waals surface area (Å²) in [6.07, 6.45) is 20.5. The van der Waals surface area contributed by atoms with Crippen molar-refractivity contribution in [2.45, 2.75) is 130 Å². The van der Waals surface area contributed by atoms with Crippen LogP contribution in [0.2, 0.25) is 0 Å². The minimum absolute atomic E-state index is 0. The topological polar surface area (TPSA) is 21.5 Å². The largest absolute Gasteiger partial charge is 1.00 e. The van der Waals surface area contributed by atoms with Crippen LogP contribution in [-0.4, -0.2) is 30.5 Å². The maximum atomic E-state index is 14.6. The number of rotatable bonds is 21. The van der Waals surface area contributed by atoms with Gasteiger partial charge in [0.25, 0.3) is 0 Å². The van der Waals surface area contributed by atoms with Gasteiger partial charge in [-0.05, 0) is 43.2 Å².